The van der Waals surface area contributed by atoms with Gasteiger partial charge < -0.3 is 5.32 Å². The van der Waals surface area contributed by atoms with Crippen molar-refractivity contribution in [3.05, 3.63) is 59.1 Å². The van der Waals surface area contributed by atoms with Gasteiger partial charge in [0.2, 0.25) is 11.1 Å². The van der Waals surface area contributed by atoms with Gasteiger partial charge in [-0.15, -0.1) is 5.10 Å². The summed E-state index contributed by atoms with van der Waals surface area (Å²) in [7, 11) is 0. The maximum atomic E-state index is 12.4. The molecule has 0 saturated carbocycles. The van der Waals surface area contributed by atoms with Crippen molar-refractivity contribution in [3.8, 4) is 5.69 Å². The summed E-state index contributed by atoms with van der Waals surface area (Å²) >= 11 is 7.19. The Morgan fingerprint density at radius 1 is 1.16 bits per heavy atom. The number of amides is 1. The van der Waals surface area contributed by atoms with E-state index in [0.717, 1.165) is 16.9 Å². The smallest absolute Gasteiger partial charge is 0.237 e. The highest BCUT2D eigenvalue weighted by Crippen LogP contribution is 2.24. The largest absolute Gasteiger partial charge is 0.325 e. The van der Waals surface area contributed by atoms with E-state index in [4.69, 9.17) is 11.6 Å². The van der Waals surface area contributed by atoms with Gasteiger partial charge in [0.15, 0.2) is 0 Å². The first kappa shape index (κ1) is 17.4. The van der Waals surface area contributed by atoms with E-state index < -0.39 is 0 Å². The maximum absolute atomic E-state index is 12.4. The van der Waals surface area contributed by atoms with Crippen molar-refractivity contribution in [2.45, 2.75) is 24.3 Å². The number of benzene rings is 2. The van der Waals surface area contributed by atoms with Crippen molar-refractivity contribution in [2.75, 3.05) is 5.32 Å². The zero-order chi connectivity index (χ0) is 17.8. The van der Waals surface area contributed by atoms with Gasteiger partial charge >= 0.3 is 0 Å². The van der Waals surface area contributed by atoms with E-state index >= 15 is 0 Å². The molecule has 0 unspecified atom stereocenters. The minimum atomic E-state index is -0.363. The lowest BCUT2D eigenvalue weighted by Gasteiger charge is -2.12. The fraction of sp³-hybridized carbons (Fsp3) is 0.176. The molecule has 0 spiro atoms. The van der Waals surface area contributed by atoms with Gasteiger partial charge in [0, 0.05) is 10.7 Å². The molecule has 0 bridgehead atoms. The third kappa shape index (κ3) is 4.37. The van der Waals surface area contributed by atoms with Crippen molar-refractivity contribution in [2.24, 2.45) is 0 Å². The second kappa shape index (κ2) is 7.67. The number of carbonyl (C=O) groups is 1. The van der Waals surface area contributed by atoms with Gasteiger partial charge in [0.1, 0.15) is 0 Å². The average Bonchev–Trinajstić information content (AvgIpc) is 3.05. The Kier molecular flexibility index (Phi) is 5.35. The van der Waals surface area contributed by atoms with Crippen LogP contribution in [0.15, 0.2) is 53.7 Å². The van der Waals surface area contributed by atoms with E-state index in [2.05, 4.69) is 20.8 Å². The minimum Gasteiger partial charge on any atom is -0.325 e. The molecule has 1 amide bonds. The normalized spacial score (nSPS) is 12.0. The lowest BCUT2D eigenvalue weighted by atomic mass is 10.2. The molecule has 0 radical (unpaired) electrons. The number of hydrogen-bond acceptors (Lipinski definition) is 5. The Hall–Kier alpha value is -2.38. The van der Waals surface area contributed by atoms with Crippen molar-refractivity contribution in [1.82, 2.24) is 20.2 Å². The Bertz CT molecular complexity index is 864. The third-order valence-corrected chi connectivity index (χ3v) is 4.77. The number of rotatable bonds is 5. The number of nitrogens with one attached hydrogen (secondary N) is 1. The van der Waals surface area contributed by atoms with Crippen LogP contribution in [0.3, 0.4) is 0 Å². The molecule has 3 aromatic rings. The van der Waals surface area contributed by atoms with Crippen molar-refractivity contribution in [3.63, 3.8) is 0 Å². The van der Waals surface area contributed by atoms with E-state index in [9.17, 15) is 4.79 Å². The topological polar surface area (TPSA) is 72.7 Å². The van der Waals surface area contributed by atoms with Crippen LogP contribution in [0.25, 0.3) is 5.69 Å². The van der Waals surface area contributed by atoms with Crippen LogP contribution in [0.2, 0.25) is 5.02 Å². The van der Waals surface area contributed by atoms with E-state index in [-0.39, 0.29) is 11.2 Å². The van der Waals surface area contributed by atoms with Gasteiger partial charge in [-0.05, 0) is 60.7 Å². The van der Waals surface area contributed by atoms with Gasteiger partial charge in [-0.3, -0.25) is 4.79 Å². The summed E-state index contributed by atoms with van der Waals surface area (Å²) in [6.07, 6.45) is 0. The Balaban J connectivity index is 1.70. The van der Waals surface area contributed by atoms with Crippen LogP contribution in [0, 0.1) is 6.92 Å². The summed E-state index contributed by atoms with van der Waals surface area (Å²) < 4.78 is 1.58. The van der Waals surface area contributed by atoms with E-state index in [0.29, 0.717) is 10.2 Å². The number of hydrogen-bond donors (Lipinski definition) is 1. The van der Waals surface area contributed by atoms with Gasteiger partial charge in [0.05, 0.1) is 10.9 Å². The molecular formula is C17H16ClN5OS. The first-order chi connectivity index (χ1) is 12.0. The number of aryl methyl sites for hydroxylation is 1. The predicted molar refractivity (Wildman–Crippen MR) is 99.3 cm³/mol. The Labute approximate surface area is 154 Å². The number of aromatic nitrogens is 4. The molecule has 1 aromatic heterocycles. The summed E-state index contributed by atoms with van der Waals surface area (Å²) in [5.41, 5.74) is 2.69. The maximum Gasteiger partial charge on any atom is 0.237 e. The summed E-state index contributed by atoms with van der Waals surface area (Å²) in [5, 5.41) is 15.4. The van der Waals surface area contributed by atoms with Gasteiger partial charge in [0.25, 0.3) is 0 Å². The fourth-order valence-electron chi connectivity index (χ4n) is 2.09. The van der Waals surface area contributed by atoms with Crippen LogP contribution < -0.4 is 5.32 Å². The molecule has 128 valence electrons. The SMILES string of the molecule is Cc1ccc(NC(=O)[C@@H](C)Sc2nnnn2-c2ccc(Cl)cc2)cc1. The van der Waals surface area contributed by atoms with Crippen LogP contribution in [0.1, 0.15) is 12.5 Å². The highest BCUT2D eigenvalue weighted by molar-refractivity contribution is 8.00. The molecule has 2 aromatic carbocycles. The summed E-state index contributed by atoms with van der Waals surface area (Å²) in [4.78, 5) is 12.4. The fourth-order valence-corrected chi connectivity index (χ4v) is 3.02. The molecular weight excluding hydrogens is 358 g/mol. The Morgan fingerprint density at radius 2 is 1.84 bits per heavy atom. The molecule has 0 saturated heterocycles. The highest BCUT2D eigenvalue weighted by Gasteiger charge is 2.19. The Morgan fingerprint density at radius 3 is 2.52 bits per heavy atom. The number of carbonyl (C=O) groups excluding carboxylic acids is 1. The van der Waals surface area contributed by atoms with E-state index in [1.165, 1.54) is 11.8 Å². The molecule has 0 aliphatic carbocycles. The summed E-state index contributed by atoms with van der Waals surface area (Å²) in [6, 6.07) is 14.8. The number of tetrazole rings is 1. The lowest BCUT2D eigenvalue weighted by Crippen LogP contribution is -2.22. The molecule has 25 heavy (non-hydrogen) atoms. The molecule has 3 rings (SSSR count). The molecule has 8 heteroatoms. The predicted octanol–water partition coefficient (Wildman–Crippen LogP) is 3.74. The van der Waals surface area contributed by atoms with Crippen LogP contribution >= 0.6 is 23.4 Å². The minimum absolute atomic E-state index is 0.112. The molecule has 0 fully saturated rings. The van der Waals surface area contributed by atoms with Gasteiger partial charge in [-0.25, -0.2) is 0 Å². The number of nitrogens with zero attached hydrogens (tertiary/aromatic N) is 4. The van der Waals surface area contributed by atoms with Crippen LogP contribution in [0.4, 0.5) is 5.69 Å². The molecule has 1 heterocycles. The van der Waals surface area contributed by atoms with E-state index in [1.807, 2.05) is 50.2 Å². The highest BCUT2D eigenvalue weighted by atomic mass is 35.5. The first-order valence-electron chi connectivity index (χ1n) is 7.61. The second-order valence-electron chi connectivity index (χ2n) is 5.47. The van der Waals surface area contributed by atoms with E-state index in [1.54, 1.807) is 16.8 Å². The van der Waals surface area contributed by atoms with Crippen LogP contribution in [0.5, 0.6) is 0 Å². The van der Waals surface area contributed by atoms with Crippen molar-refractivity contribution in [1.29, 1.82) is 0 Å². The molecule has 0 aliphatic rings. The number of thioether (sulfide) groups is 1. The lowest BCUT2D eigenvalue weighted by molar-refractivity contribution is -0.115. The van der Waals surface area contributed by atoms with Crippen LogP contribution in [-0.2, 0) is 4.79 Å². The van der Waals surface area contributed by atoms with Crippen molar-refractivity contribution >= 4 is 35.0 Å². The summed E-state index contributed by atoms with van der Waals surface area (Å²) in [6.45, 7) is 3.82. The average molecular weight is 374 g/mol. The zero-order valence-electron chi connectivity index (χ0n) is 13.7. The molecule has 0 aliphatic heterocycles. The third-order valence-electron chi connectivity index (χ3n) is 3.48. The monoisotopic (exact) mass is 373 g/mol. The summed E-state index contributed by atoms with van der Waals surface area (Å²) in [5.74, 6) is -0.112. The number of anilines is 1. The van der Waals surface area contributed by atoms with Crippen LogP contribution in [-0.4, -0.2) is 31.4 Å². The molecule has 1 atom stereocenters. The van der Waals surface area contributed by atoms with Gasteiger partial charge in [-0.1, -0.05) is 41.1 Å². The number of halogens is 1. The van der Waals surface area contributed by atoms with Gasteiger partial charge in [-0.2, -0.15) is 4.68 Å². The quantitative estimate of drug-likeness (QED) is 0.689. The standard InChI is InChI=1S/C17H16ClN5OS/c1-11-3-7-14(8-4-11)19-16(24)12(2)25-17-20-21-22-23(17)15-9-5-13(18)6-10-15/h3-10,12H,1-2H3,(H,19,24)/t12-/m1/s1. The molecule has 6 nitrogen and oxygen atoms in total. The van der Waals surface area contributed by atoms with Crippen molar-refractivity contribution < 1.29 is 4.79 Å². The molecule has 1 N–H and O–H groups in total. The second-order valence-corrected chi connectivity index (χ2v) is 7.21. The zero-order valence-corrected chi connectivity index (χ0v) is 15.3. The first-order valence-corrected chi connectivity index (χ1v) is 8.87.